The first kappa shape index (κ1) is 18.1. The first-order valence-corrected chi connectivity index (χ1v) is 8.99. The van der Waals surface area contributed by atoms with Gasteiger partial charge in [-0.15, -0.1) is 0 Å². The maximum absolute atomic E-state index is 12.5. The molecule has 0 saturated heterocycles. The van der Waals surface area contributed by atoms with Gasteiger partial charge in [0, 0.05) is 11.6 Å². The monoisotopic (exact) mass is 354 g/mol. The first-order chi connectivity index (χ1) is 12.6. The Bertz CT molecular complexity index is 776. The van der Waals surface area contributed by atoms with E-state index >= 15 is 0 Å². The van der Waals surface area contributed by atoms with Gasteiger partial charge in [-0.05, 0) is 49.4 Å². The second-order valence-electron chi connectivity index (χ2n) is 6.59. The van der Waals surface area contributed by atoms with E-state index in [0.29, 0.717) is 5.75 Å². The number of rotatable bonds is 5. The zero-order valence-electron chi connectivity index (χ0n) is 15.5. The Labute approximate surface area is 154 Å². The standard InChI is InChI=1S/C21H26N2O3/c1-14(17-12-11-16(25-2)13-20(17)26-3)22-21(24)23-19-10-6-8-15-7-4-5-9-18(15)19/h4-5,7,9,11-14,19H,6,8,10H2,1-3H3,(H2,22,23,24). The second-order valence-corrected chi connectivity index (χ2v) is 6.59. The molecule has 0 aliphatic heterocycles. The molecule has 5 nitrogen and oxygen atoms in total. The minimum absolute atomic E-state index is 0.0601. The van der Waals surface area contributed by atoms with Crippen LogP contribution < -0.4 is 20.1 Å². The van der Waals surface area contributed by atoms with Crippen molar-refractivity contribution < 1.29 is 14.3 Å². The average molecular weight is 354 g/mol. The number of urea groups is 1. The van der Waals surface area contributed by atoms with E-state index in [4.69, 9.17) is 9.47 Å². The SMILES string of the molecule is COc1ccc(C(C)NC(=O)NC2CCCc3ccccc32)c(OC)c1. The molecule has 2 amide bonds. The molecule has 0 aromatic heterocycles. The predicted molar refractivity (Wildman–Crippen MR) is 102 cm³/mol. The Kier molecular flexibility index (Phi) is 5.66. The van der Waals surface area contributed by atoms with Crippen LogP contribution in [0.3, 0.4) is 0 Å². The van der Waals surface area contributed by atoms with Gasteiger partial charge in [0.2, 0.25) is 0 Å². The van der Waals surface area contributed by atoms with Crippen molar-refractivity contribution in [3.63, 3.8) is 0 Å². The Hall–Kier alpha value is -2.69. The van der Waals surface area contributed by atoms with Crippen LogP contribution in [-0.4, -0.2) is 20.3 Å². The lowest BCUT2D eigenvalue weighted by Gasteiger charge is -2.27. The van der Waals surface area contributed by atoms with Gasteiger partial charge in [0.1, 0.15) is 11.5 Å². The zero-order chi connectivity index (χ0) is 18.5. The highest BCUT2D eigenvalue weighted by atomic mass is 16.5. The fraction of sp³-hybridized carbons (Fsp3) is 0.381. The van der Waals surface area contributed by atoms with Crippen molar-refractivity contribution in [3.8, 4) is 11.5 Å². The lowest BCUT2D eigenvalue weighted by molar-refractivity contribution is 0.232. The van der Waals surface area contributed by atoms with Crippen molar-refractivity contribution in [2.45, 2.75) is 38.3 Å². The number of hydrogen-bond donors (Lipinski definition) is 2. The van der Waals surface area contributed by atoms with Gasteiger partial charge in [0.05, 0.1) is 26.3 Å². The van der Waals surface area contributed by atoms with Gasteiger partial charge in [0.15, 0.2) is 0 Å². The quantitative estimate of drug-likeness (QED) is 0.848. The molecule has 1 aliphatic rings. The Morgan fingerprint density at radius 2 is 1.96 bits per heavy atom. The third-order valence-electron chi connectivity index (χ3n) is 4.93. The predicted octanol–water partition coefficient (Wildman–Crippen LogP) is 4.14. The largest absolute Gasteiger partial charge is 0.497 e. The number of nitrogens with one attached hydrogen (secondary N) is 2. The summed E-state index contributed by atoms with van der Waals surface area (Å²) in [5.41, 5.74) is 3.46. The van der Waals surface area contributed by atoms with Crippen molar-refractivity contribution in [2.24, 2.45) is 0 Å². The van der Waals surface area contributed by atoms with Crippen LogP contribution in [0.15, 0.2) is 42.5 Å². The fourth-order valence-corrected chi connectivity index (χ4v) is 3.55. The molecular weight excluding hydrogens is 328 g/mol. The fourth-order valence-electron chi connectivity index (χ4n) is 3.55. The Morgan fingerprint density at radius 3 is 2.73 bits per heavy atom. The van der Waals surface area contributed by atoms with Gasteiger partial charge >= 0.3 is 6.03 Å². The van der Waals surface area contributed by atoms with E-state index in [9.17, 15) is 4.79 Å². The summed E-state index contributed by atoms with van der Waals surface area (Å²) in [7, 11) is 3.23. The van der Waals surface area contributed by atoms with Gasteiger partial charge < -0.3 is 20.1 Å². The first-order valence-electron chi connectivity index (χ1n) is 8.99. The van der Waals surface area contributed by atoms with Gasteiger partial charge in [-0.3, -0.25) is 0 Å². The number of aryl methyl sites for hydroxylation is 1. The number of carbonyl (C=O) groups is 1. The van der Waals surface area contributed by atoms with Crippen molar-refractivity contribution in [1.29, 1.82) is 0 Å². The summed E-state index contributed by atoms with van der Waals surface area (Å²) in [4.78, 5) is 12.5. The van der Waals surface area contributed by atoms with E-state index in [1.165, 1.54) is 11.1 Å². The molecule has 0 fully saturated rings. The van der Waals surface area contributed by atoms with Gasteiger partial charge in [-0.1, -0.05) is 24.3 Å². The molecule has 3 rings (SSSR count). The van der Waals surface area contributed by atoms with Gasteiger partial charge in [-0.2, -0.15) is 0 Å². The summed E-state index contributed by atoms with van der Waals surface area (Å²) in [6.45, 7) is 1.94. The maximum atomic E-state index is 12.5. The molecule has 0 heterocycles. The number of ether oxygens (including phenoxy) is 2. The minimum Gasteiger partial charge on any atom is -0.497 e. The maximum Gasteiger partial charge on any atom is 0.315 e. The molecular formula is C21H26N2O3. The topological polar surface area (TPSA) is 59.6 Å². The molecule has 26 heavy (non-hydrogen) atoms. The lowest BCUT2D eigenvalue weighted by atomic mass is 9.88. The average Bonchev–Trinajstić information content (AvgIpc) is 2.67. The number of carbonyl (C=O) groups excluding carboxylic acids is 1. The van der Waals surface area contributed by atoms with Crippen LogP contribution in [0.1, 0.15) is 48.5 Å². The number of amides is 2. The van der Waals surface area contributed by atoms with Crippen LogP contribution in [0.4, 0.5) is 4.79 Å². The summed E-state index contributed by atoms with van der Waals surface area (Å²) >= 11 is 0. The normalized spacial score (nSPS) is 17.0. The highest BCUT2D eigenvalue weighted by molar-refractivity contribution is 5.75. The smallest absolute Gasteiger partial charge is 0.315 e. The number of benzene rings is 2. The van der Waals surface area contributed by atoms with E-state index in [0.717, 1.165) is 30.6 Å². The third kappa shape index (κ3) is 3.93. The molecule has 2 N–H and O–H groups in total. The molecule has 2 unspecified atom stereocenters. The lowest BCUT2D eigenvalue weighted by Crippen LogP contribution is -2.40. The van der Waals surface area contributed by atoms with Crippen LogP contribution >= 0.6 is 0 Å². The molecule has 0 radical (unpaired) electrons. The number of hydrogen-bond acceptors (Lipinski definition) is 3. The van der Waals surface area contributed by atoms with E-state index in [1.807, 2.05) is 31.2 Å². The number of methoxy groups -OCH3 is 2. The highest BCUT2D eigenvalue weighted by Gasteiger charge is 2.22. The molecule has 2 aromatic rings. The van der Waals surface area contributed by atoms with Crippen molar-refractivity contribution >= 4 is 6.03 Å². The number of fused-ring (bicyclic) bond motifs is 1. The summed E-state index contributed by atoms with van der Waals surface area (Å²) in [6.07, 6.45) is 3.13. The molecule has 2 aromatic carbocycles. The van der Waals surface area contributed by atoms with E-state index in [2.05, 4.69) is 28.8 Å². The summed E-state index contributed by atoms with van der Waals surface area (Å²) in [5, 5.41) is 6.14. The van der Waals surface area contributed by atoms with Gasteiger partial charge in [0.25, 0.3) is 0 Å². The van der Waals surface area contributed by atoms with E-state index in [-0.39, 0.29) is 18.1 Å². The molecule has 2 atom stereocenters. The van der Waals surface area contributed by atoms with Crippen LogP contribution in [0.2, 0.25) is 0 Å². The van der Waals surface area contributed by atoms with Crippen molar-refractivity contribution in [1.82, 2.24) is 10.6 Å². The van der Waals surface area contributed by atoms with Crippen LogP contribution in [-0.2, 0) is 6.42 Å². The summed E-state index contributed by atoms with van der Waals surface area (Å²) in [5.74, 6) is 1.42. The van der Waals surface area contributed by atoms with E-state index < -0.39 is 0 Å². The third-order valence-corrected chi connectivity index (χ3v) is 4.93. The van der Waals surface area contributed by atoms with E-state index in [1.54, 1.807) is 14.2 Å². The zero-order valence-corrected chi connectivity index (χ0v) is 15.5. The molecule has 1 aliphatic carbocycles. The van der Waals surface area contributed by atoms with Crippen LogP contribution in [0.25, 0.3) is 0 Å². The summed E-state index contributed by atoms with van der Waals surface area (Å²) < 4.78 is 10.7. The molecule has 0 saturated carbocycles. The van der Waals surface area contributed by atoms with Crippen LogP contribution in [0, 0.1) is 0 Å². The molecule has 0 bridgehead atoms. The minimum atomic E-state index is -0.185. The Morgan fingerprint density at radius 1 is 1.15 bits per heavy atom. The highest BCUT2D eigenvalue weighted by Crippen LogP contribution is 2.31. The second kappa shape index (κ2) is 8.13. The molecule has 5 heteroatoms. The molecule has 138 valence electrons. The summed E-state index contributed by atoms with van der Waals surface area (Å²) in [6, 6.07) is 13.6. The van der Waals surface area contributed by atoms with Crippen LogP contribution in [0.5, 0.6) is 11.5 Å². The van der Waals surface area contributed by atoms with Crippen molar-refractivity contribution in [2.75, 3.05) is 14.2 Å². The van der Waals surface area contributed by atoms with Gasteiger partial charge in [-0.25, -0.2) is 4.79 Å². The molecule has 0 spiro atoms. The Balaban J connectivity index is 1.67. The van der Waals surface area contributed by atoms with Crippen molar-refractivity contribution in [3.05, 3.63) is 59.2 Å².